The van der Waals surface area contributed by atoms with Gasteiger partial charge < -0.3 is 4.74 Å². The van der Waals surface area contributed by atoms with Crippen LogP contribution < -0.4 is 4.72 Å². The number of halogens is 1. The van der Waals surface area contributed by atoms with Crippen molar-refractivity contribution >= 4 is 21.8 Å². The van der Waals surface area contributed by atoms with Crippen molar-refractivity contribution in [2.45, 2.75) is 24.8 Å². The lowest BCUT2D eigenvalue weighted by molar-refractivity contribution is 0.0474. The summed E-state index contributed by atoms with van der Waals surface area (Å²) in [4.78, 5) is 23.9. The van der Waals surface area contributed by atoms with Gasteiger partial charge in [-0.3, -0.25) is 4.79 Å². The molecule has 0 heterocycles. The molecule has 0 aliphatic heterocycles. The first-order chi connectivity index (χ1) is 12.2. The minimum atomic E-state index is -3.75. The molecule has 0 aliphatic carbocycles. The molecule has 2 rings (SSSR count). The monoisotopic (exact) mass is 379 g/mol. The number of esters is 1. The van der Waals surface area contributed by atoms with Crippen molar-refractivity contribution in [3.05, 3.63) is 65.5 Å². The van der Waals surface area contributed by atoms with Gasteiger partial charge >= 0.3 is 5.97 Å². The molecule has 0 fully saturated rings. The SMILES string of the molecule is CC(C)NS(=O)(=O)c1cccc(C(=O)OCC(=O)c2ccc(F)cc2)c1. The van der Waals surface area contributed by atoms with Crippen molar-refractivity contribution < 1.29 is 27.1 Å². The van der Waals surface area contributed by atoms with Crippen LogP contribution in [0, 0.1) is 5.82 Å². The van der Waals surface area contributed by atoms with E-state index in [1.165, 1.54) is 36.4 Å². The molecule has 138 valence electrons. The number of ketones is 1. The number of carbonyl (C=O) groups excluding carboxylic acids is 2. The summed E-state index contributed by atoms with van der Waals surface area (Å²) in [6.07, 6.45) is 0. The Labute approximate surface area is 151 Å². The third-order valence-corrected chi connectivity index (χ3v) is 4.93. The fourth-order valence-corrected chi connectivity index (χ4v) is 3.40. The van der Waals surface area contributed by atoms with E-state index < -0.39 is 34.2 Å². The quantitative estimate of drug-likeness (QED) is 0.590. The van der Waals surface area contributed by atoms with E-state index in [0.717, 1.165) is 12.1 Å². The van der Waals surface area contributed by atoms with E-state index in [1.54, 1.807) is 13.8 Å². The predicted molar refractivity (Wildman–Crippen MR) is 92.9 cm³/mol. The van der Waals surface area contributed by atoms with Crippen LogP contribution in [-0.2, 0) is 14.8 Å². The van der Waals surface area contributed by atoms with Crippen LogP contribution in [0.1, 0.15) is 34.6 Å². The first kappa shape index (κ1) is 19.7. The average molecular weight is 379 g/mol. The highest BCUT2D eigenvalue weighted by Crippen LogP contribution is 2.13. The van der Waals surface area contributed by atoms with Gasteiger partial charge in [-0.1, -0.05) is 6.07 Å². The molecule has 8 heteroatoms. The summed E-state index contributed by atoms with van der Waals surface area (Å²) in [5.41, 5.74) is 0.209. The maximum Gasteiger partial charge on any atom is 0.338 e. The van der Waals surface area contributed by atoms with E-state index in [4.69, 9.17) is 4.74 Å². The molecule has 0 amide bonds. The summed E-state index contributed by atoms with van der Waals surface area (Å²) in [7, 11) is -3.75. The zero-order chi connectivity index (χ0) is 19.3. The van der Waals surface area contributed by atoms with Crippen molar-refractivity contribution in [3.8, 4) is 0 Å². The predicted octanol–water partition coefficient (Wildman–Crippen LogP) is 2.55. The minimum Gasteiger partial charge on any atom is -0.454 e. The highest BCUT2D eigenvalue weighted by molar-refractivity contribution is 7.89. The fraction of sp³-hybridized carbons (Fsp3) is 0.222. The molecule has 0 bridgehead atoms. The average Bonchev–Trinajstić information content (AvgIpc) is 2.59. The van der Waals surface area contributed by atoms with Gasteiger partial charge in [-0.25, -0.2) is 22.3 Å². The van der Waals surface area contributed by atoms with Gasteiger partial charge in [-0.05, 0) is 56.3 Å². The Bertz CT molecular complexity index is 907. The van der Waals surface area contributed by atoms with Gasteiger partial charge in [0.1, 0.15) is 5.82 Å². The minimum absolute atomic E-state index is 0.00328. The number of Topliss-reactive ketones (excluding diaryl/α,β-unsaturated/α-hetero) is 1. The third kappa shape index (κ3) is 5.21. The Morgan fingerprint density at radius 1 is 1.08 bits per heavy atom. The van der Waals surface area contributed by atoms with Crippen LogP contribution in [-0.4, -0.2) is 32.8 Å². The van der Waals surface area contributed by atoms with Crippen molar-refractivity contribution in [3.63, 3.8) is 0 Å². The van der Waals surface area contributed by atoms with Crippen LogP contribution in [0.2, 0.25) is 0 Å². The van der Waals surface area contributed by atoms with Crippen molar-refractivity contribution in [2.75, 3.05) is 6.61 Å². The summed E-state index contributed by atoms with van der Waals surface area (Å²) < 4.78 is 44.5. The van der Waals surface area contributed by atoms with Gasteiger partial charge in [0.25, 0.3) is 0 Å². The standard InChI is InChI=1S/C18H18FNO5S/c1-12(2)20-26(23,24)16-5-3-4-14(10-16)18(22)25-11-17(21)13-6-8-15(19)9-7-13/h3-10,12,20H,11H2,1-2H3. The van der Waals surface area contributed by atoms with Crippen molar-refractivity contribution in [2.24, 2.45) is 0 Å². The third-order valence-electron chi connectivity index (χ3n) is 3.27. The molecule has 0 atom stereocenters. The molecular weight excluding hydrogens is 361 g/mol. The molecule has 1 N–H and O–H groups in total. The second-order valence-electron chi connectivity index (χ2n) is 5.81. The molecule has 0 spiro atoms. The summed E-state index contributed by atoms with van der Waals surface area (Å²) in [5, 5.41) is 0. The highest BCUT2D eigenvalue weighted by atomic mass is 32.2. The van der Waals surface area contributed by atoms with Gasteiger partial charge in [0.05, 0.1) is 10.5 Å². The number of nitrogens with one attached hydrogen (secondary N) is 1. The van der Waals surface area contributed by atoms with Crippen LogP contribution in [0.4, 0.5) is 4.39 Å². The molecule has 6 nitrogen and oxygen atoms in total. The maximum atomic E-state index is 12.8. The molecule has 0 aromatic heterocycles. The first-order valence-corrected chi connectivity index (χ1v) is 9.25. The second-order valence-corrected chi connectivity index (χ2v) is 7.52. The number of rotatable bonds is 7. The Morgan fingerprint density at radius 2 is 1.73 bits per heavy atom. The summed E-state index contributed by atoms with van der Waals surface area (Å²) in [5.74, 6) is -1.81. The zero-order valence-corrected chi connectivity index (χ0v) is 15.0. The van der Waals surface area contributed by atoms with Gasteiger partial charge in [0.15, 0.2) is 12.4 Å². The zero-order valence-electron chi connectivity index (χ0n) is 14.2. The lowest BCUT2D eigenvalue weighted by Crippen LogP contribution is -2.30. The molecule has 0 radical (unpaired) electrons. The van der Waals surface area contributed by atoms with Gasteiger partial charge in [0, 0.05) is 11.6 Å². The largest absolute Gasteiger partial charge is 0.454 e. The Kier molecular flexibility index (Phi) is 6.23. The molecule has 0 unspecified atom stereocenters. The van der Waals surface area contributed by atoms with Crippen molar-refractivity contribution in [1.82, 2.24) is 4.72 Å². The molecule has 0 aliphatic rings. The van der Waals surface area contributed by atoms with E-state index in [1.807, 2.05) is 0 Å². The Hall–Kier alpha value is -2.58. The molecule has 2 aromatic rings. The number of hydrogen-bond acceptors (Lipinski definition) is 5. The molecule has 0 saturated heterocycles. The van der Waals surface area contributed by atoms with E-state index in [2.05, 4.69) is 4.72 Å². The summed E-state index contributed by atoms with van der Waals surface area (Å²) >= 11 is 0. The Balaban J connectivity index is 2.07. The van der Waals surface area contributed by atoms with Crippen LogP contribution in [0.5, 0.6) is 0 Å². The number of carbonyl (C=O) groups is 2. The Morgan fingerprint density at radius 3 is 2.35 bits per heavy atom. The smallest absolute Gasteiger partial charge is 0.338 e. The van der Waals surface area contributed by atoms with E-state index in [0.29, 0.717) is 0 Å². The number of sulfonamides is 1. The number of benzene rings is 2. The van der Waals surface area contributed by atoms with Crippen LogP contribution in [0.25, 0.3) is 0 Å². The van der Waals surface area contributed by atoms with Crippen LogP contribution in [0.3, 0.4) is 0 Å². The van der Waals surface area contributed by atoms with E-state index in [-0.39, 0.29) is 22.1 Å². The van der Waals surface area contributed by atoms with Gasteiger partial charge in [-0.15, -0.1) is 0 Å². The van der Waals surface area contributed by atoms with E-state index in [9.17, 15) is 22.4 Å². The lowest BCUT2D eigenvalue weighted by atomic mass is 10.1. The highest BCUT2D eigenvalue weighted by Gasteiger charge is 2.18. The summed E-state index contributed by atoms with van der Waals surface area (Å²) in [6.45, 7) is 2.82. The van der Waals surface area contributed by atoms with Crippen LogP contribution in [0.15, 0.2) is 53.4 Å². The topological polar surface area (TPSA) is 89.5 Å². The molecule has 2 aromatic carbocycles. The number of ether oxygens (including phenoxy) is 1. The normalized spacial score (nSPS) is 11.4. The maximum absolute atomic E-state index is 12.8. The fourth-order valence-electron chi connectivity index (χ4n) is 2.10. The summed E-state index contributed by atoms with van der Waals surface area (Å²) in [6, 6.07) is 9.86. The van der Waals surface area contributed by atoms with E-state index >= 15 is 0 Å². The molecule has 26 heavy (non-hydrogen) atoms. The van der Waals surface area contributed by atoms with Gasteiger partial charge in [-0.2, -0.15) is 0 Å². The number of hydrogen-bond donors (Lipinski definition) is 1. The first-order valence-electron chi connectivity index (χ1n) is 7.77. The molecular formula is C18H18FNO5S. The second kappa shape index (κ2) is 8.20. The van der Waals surface area contributed by atoms with Gasteiger partial charge in [0.2, 0.25) is 10.0 Å². The van der Waals surface area contributed by atoms with Crippen LogP contribution >= 0.6 is 0 Å². The molecule has 0 saturated carbocycles. The van der Waals surface area contributed by atoms with Crippen molar-refractivity contribution in [1.29, 1.82) is 0 Å². The lowest BCUT2D eigenvalue weighted by Gasteiger charge is -2.10.